The van der Waals surface area contributed by atoms with Gasteiger partial charge >= 0.3 is 0 Å². The number of aromatic nitrogens is 3. The van der Waals surface area contributed by atoms with Crippen LogP contribution in [-0.4, -0.2) is 66.1 Å². The van der Waals surface area contributed by atoms with Gasteiger partial charge in [-0.3, -0.25) is 20.1 Å². The van der Waals surface area contributed by atoms with Crippen LogP contribution in [0.5, 0.6) is 11.5 Å². The zero-order chi connectivity index (χ0) is 22.0. The molecular weight excluding hydrogens is 422 g/mol. The second-order valence-corrected chi connectivity index (χ2v) is 7.73. The number of ether oxygens (including phenoxy) is 3. The van der Waals surface area contributed by atoms with Gasteiger partial charge in [-0.2, -0.15) is 4.98 Å². The van der Waals surface area contributed by atoms with Gasteiger partial charge in [0.25, 0.3) is 5.56 Å². The van der Waals surface area contributed by atoms with Crippen LogP contribution >= 0.6 is 11.3 Å². The number of H-pyrrole nitrogens is 1. The van der Waals surface area contributed by atoms with Crippen LogP contribution in [0.25, 0.3) is 17.3 Å². The molecule has 1 aromatic rings. The maximum Gasteiger partial charge on any atom is 0.283 e. The molecule has 0 unspecified atom stereocenters. The van der Waals surface area contributed by atoms with Gasteiger partial charge in [0.05, 0.1) is 32.7 Å². The fourth-order valence-electron chi connectivity index (χ4n) is 3.21. The molecule has 0 spiro atoms. The minimum absolute atomic E-state index is 0.0560. The molecule has 0 radical (unpaired) electrons. The molecule has 31 heavy (non-hydrogen) atoms. The third-order valence-corrected chi connectivity index (χ3v) is 5.70. The number of methoxy groups -OCH3 is 2. The summed E-state index contributed by atoms with van der Waals surface area (Å²) >= 11 is 1.14. The fourth-order valence-corrected chi connectivity index (χ4v) is 4.06. The molecule has 1 aromatic carbocycles. The summed E-state index contributed by atoms with van der Waals surface area (Å²) in [5.74, 6) is 0.919. The minimum Gasteiger partial charge on any atom is -0.493 e. The number of nitrogens with zero attached hydrogens (tertiary/aromatic N) is 3. The Morgan fingerprint density at radius 3 is 2.71 bits per heavy atom. The van der Waals surface area contributed by atoms with Gasteiger partial charge in [0.15, 0.2) is 17.0 Å². The molecule has 10 nitrogen and oxygen atoms in total. The quantitative estimate of drug-likeness (QED) is 0.535. The molecule has 1 fully saturated rings. The number of fused-ring (bicyclic) bond motifs is 1. The highest BCUT2D eigenvalue weighted by atomic mass is 32.1. The van der Waals surface area contributed by atoms with Crippen LogP contribution in [0.4, 0.5) is 0 Å². The van der Waals surface area contributed by atoms with Crippen molar-refractivity contribution in [2.24, 2.45) is 0 Å². The molecule has 0 atom stereocenters. The first-order chi connectivity index (χ1) is 15.0. The van der Waals surface area contributed by atoms with Crippen LogP contribution in [0.3, 0.4) is 0 Å². The summed E-state index contributed by atoms with van der Waals surface area (Å²) in [5.41, 5.74) is 0.0788. The summed E-state index contributed by atoms with van der Waals surface area (Å²) in [5, 5.41) is 11.9. The SMILES string of the molecule is COc1ccc(/C=c2/c(=O)nc3s/c(=C/C(=O)N4CCOCC4)[nH]n-3c2=N)cc1OC. The van der Waals surface area contributed by atoms with Gasteiger partial charge in [-0.1, -0.05) is 17.4 Å². The van der Waals surface area contributed by atoms with Crippen molar-refractivity contribution in [1.82, 2.24) is 19.7 Å². The molecule has 0 bridgehead atoms. The van der Waals surface area contributed by atoms with Crippen LogP contribution in [0.15, 0.2) is 23.0 Å². The summed E-state index contributed by atoms with van der Waals surface area (Å²) in [7, 11) is 3.06. The van der Waals surface area contributed by atoms with E-state index in [4.69, 9.17) is 19.6 Å². The molecule has 162 valence electrons. The summed E-state index contributed by atoms with van der Waals surface area (Å²) in [6.07, 6.45) is 3.02. The molecule has 0 saturated carbocycles. The van der Waals surface area contributed by atoms with E-state index in [1.165, 1.54) is 25.0 Å². The van der Waals surface area contributed by atoms with E-state index in [1.807, 2.05) is 0 Å². The summed E-state index contributed by atoms with van der Waals surface area (Å²) < 4.78 is 17.7. The zero-order valence-electron chi connectivity index (χ0n) is 17.0. The van der Waals surface area contributed by atoms with Crippen LogP contribution in [-0.2, 0) is 9.53 Å². The van der Waals surface area contributed by atoms with Crippen molar-refractivity contribution in [1.29, 1.82) is 5.41 Å². The van der Waals surface area contributed by atoms with Gasteiger partial charge in [0, 0.05) is 19.2 Å². The van der Waals surface area contributed by atoms with E-state index in [0.29, 0.717) is 53.2 Å². The second-order valence-electron chi connectivity index (χ2n) is 6.72. The van der Waals surface area contributed by atoms with Crippen molar-refractivity contribution in [3.05, 3.63) is 49.5 Å². The number of benzene rings is 1. The lowest BCUT2D eigenvalue weighted by atomic mass is 10.1. The van der Waals surface area contributed by atoms with Crippen LogP contribution in [0.1, 0.15) is 5.56 Å². The lowest BCUT2D eigenvalue weighted by molar-refractivity contribution is -0.128. The first-order valence-electron chi connectivity index (χ1n) is 9.49. The molecule has 0 aromatic heterocycles. The Labute approximate surface area is 180 Å². The molecule has 3 aliphatic rings. The summed E-state index contributed by atoms with van der Waals surface area (Å²) in [6.45, 7) is 2.09. The number of aromatic amines is 1. The Morgan fingerprint density at radius 2 is 2.00 bits per heavy atom. The smallest absolute Gasteiger partial charge is 0.283 e. The number of carbonyl (C=O) groups is 1. The Bertz CT molecular complexity index is 1320. The molecule has 4 rings (SSSR count). The van der Waals surface area contributed by atoms with E-state index in [-0.39, 0.29) is 16.6 Å². The van der Waals surface area contributed by atoms with E-state index in [0.717, 1.165) is 11.3 Å². The molecule has 11 heteroatoms. The number of morpholine rings is 1. The van der Waals surface area contributed by atoms with Gasteiger partial charge in [-0.15, -0.1) is 0 Å². The Hall–Kier alpha value is -3.44. The zero-order valence-corrected chi connectivity index (χ0v) is 17.8. The molecule has 1 amide bonds. The number of hydrogen-bond acceptors (Lipinski definition) is 8. The third-order valence-electron chi connectivity index (χ3n) is 4.82. The maximum absolute atomic E-state index is 12.6. The predicted octanol–water partition coefficient (Wildman–Crippen LogP) is -0.975. The van der Waals surface area contributed by atoms with E-state index < -0.39 is 5.56 Å². The normalized spacial score (nSPS) is 15.5. The number of carbonyl (C=O) groups excluding carboxylic acids is 1. The van der Waals surface area contributed by atoms with Gasteiger partial charge in [0.1, 0.15) is 4.66 Å². The van der Waals surface area contributed by atoms with Crippen molar-refractivity contribution in [3.8, 4) is 16.6 Å². The van der Waals surface area contributed by atoms with Crippen LogP contribution in [0, 0.1) is 5.41 Å². The van der Waals surface area contributed by atoms with Crippen molar-refractivity contribution < 1.29 is 19.0 Å². The Morgan fingerprint density at radius 1 is 1.26 bits per heavy atom. The lowest BCUT2D eigenvalue weighted by Crippen LogP contribution is -2.47. The highest BCUT2D eigenvalue weighted by Gasteiger charge is 2.16. The highest BCUT2D eigenvalue weighted by Crippen LogP contribution is 2.27. The second kappa shape index (κ2) is 8.74. The van der Waals surface area contributed by atoms with E-state index in [9.17, 15) is 9.59 Å². The lowest BCUT2D eigenvalue weighted by Gasteiger charge is -2.25. The highest BCUT2D eigenvalue weighted by molar-refractivity contribution is 7.11. The number of rotatable bonds is 4. The van der Waals surface area contributed by atoms with Gasteiger partial charge in [-0.25, -0.2) is 4.68 Å². The average Bonchev–Trinajstić information content (AvgIpc) is 3.19. The average molecular weight is 443 g/mol. The minimum atomic E-state index is -0.527. The topological polar surface area (TPSA) is 123 Å². The van der Waals surface area contributed by atoms with Crippen molar-refractivity contribution in [2.45, 2.75) is 0 Å². The maximum atomic E-state index is 12.6. The predicted molar refractivity (Wildman–Crippen MR) is 113 cm³/mol. The van der Waals surface area contributed by atoms with Crippen LogP contribution < -0.4 is 30.4 Å². The van der Waals surface area contributed by atoms with Crippen LogP contribution in [0.2, 0.25) is 0 Å². The molecule has 0 aliphatic carbocycles. The van der Waals surface area contributed by atoms with E-state index >= 15 is 0 Å². The third kappa shape index (κ3) is 4.23. The molecule has 3 aliphatic heterocycles. The first kappa shape index (κ1) is 20.8. The number of hydrogen-bond donors (Lipinski definition) is 2. The van der Waals surface area contributed by atoms with Crippen molar-refractivity contribution >= 4 is 29.4 Å². The molecule has 1 saturated heterocycles. The Balaban J connectivity index is 1.77. The van der Waals surface area contributed by atoms with Gasteiger partial charge in [0.2, 0.25) is 11.0 Å². The van der Waals surface area contributed by atoms with Gasteiger partial charge in [-0.05, 0) is 23.8 Å². The van der Waals surface area contributed by atoms with E-state index in [2.05, 4.69) is 10.1 Å². The molecular formula is C20H21N5O5S. The number of amides is 1. The van der Waals surface area contributed by atoms with E-state index in [1.54, 1.807) is 29.2 Å². The monoisotopic (exact) mass is 443 g/mol. The van der Waals surface area contributed by atoms with Crippen molar-refractivity contribution in [2.75, 3.05) is 40.5 Å². The molecule has 2 N–H and O–H groups in total. The molecule has 3 heterocycles. The summed E-state index contributed by atoms with van der Waals surface area (Å²) in [6, 6.07) is 5.19. The van der Waals surface area contributed by atoms with Gasteiger partial charge < -0.3 is 19.1 Å². The first-order valence-corrected chi connectivity index (χ1v) is 10.3. The standard InChI is InChI=1S/C20H21N5O5S/c1-28-14-4-3-12(10-15(14)29-2)9-13-18(21)25-20(22-19(13)27)31-16(23-25)11-17(26)24-5-7-30-8-6-24/h3-4,9-11,21,23H,5-8H2,1-2H3/b13-9+,16-11+,21-18?. The fraction of sp³-hybridized carbons (Fsp3) is 0.300. The Kier molecular flexibility index (Phi) is 5.87. The summed E-state index contributed by atoms with van der Waals surface area (Å²) in [4.78, 5) is 30.8. The van der Waals surface area contributed by atoms with Crippen molar-refractivity contribution in [3.63, 3.8) is 0 Å². The largest absolute Gasteiger partial charge is 0.493 e. The number of nitrogens with one attached hydrogen (secondary N) is 2.